The molecule has 7 heteroatoms. The molecule has 2 aromatic heterocycles. The van der Waals surface area contributed by atoms with Crippen LogP contribution in [0.1, 0.15) is 25.0 Å². The molecule has 0 atom stereocenters. The van der Waals surface area contributed by atoms with Crippen molar-refractivity contribution in [1.82, 2.24) is 35.4 Å². The Morgan fingerprint density at radius 2 is 2.43 bits per heavy atom. The van der Waals surface area contributed by atoms with E-state index in [0.717, 1.165) is 18.8 Å². The lowest BCUT2D eigenvalue weighted by molar-refractivity contribution is 0.573. The molecule has 2 rings (SSSR count). The Balaban J connectivity index is 2.12. The SMILES string of the molecule is CCCn1ncnc1Cc1nn[nH]n1. The third-order valence-corrected chi connectivity index (χ3v) is 1.84. The number of hydrogen-bond donors (Lipinski definition) is 1. The first-order valence-corrected chi connectivity index (χ1v) is 4.49. The molecule has 0 aliphatic heterocycles. The van der Waals surface area contributed by atoms with Gasteiger partial charge in [0, 0.05) is 6.54 Å². The molecule has 7 nitrogen and oxygen atoms in total. The van der Waals surface area contributed by atoms with E-state index in [4.69, 9.17) is 0 Å². The van der Waals surface area contributed by atoms with E-state index in [0.29, 0.717) is 12.2 Å². The van der Waals surface area contributed by atoms with Crippen LogP contribution >= 0.6 is 0 Å². The zero-order valence-electron chi connectivity index (χ0n) is 7.88. The summed E-state index contributed by atoms with van der Waals surface area (Å²) in [7, 11) is 0. The van der Waals surface area contributed by atoms with Crippen molar-refractivity contribution in [3.63, 3.8) is 0 Å². The van der Waals surface area contributed by atoms with E-state index < -0.39 is 0 Å². The highest BCUT2D eigenvalue weighted by atomic mass is 15.5. The first-order valence-electron chi connectivity index (χ1n) is 4.49. The average molecular weight is 193 g/mol. The van der Waals surface area contributed by atoms with Crippen LogP contribution in [0.2, 0.25) is 0 Å². The largest absolute Gasteiger partial charge is 0.250 e. The summed E-state index contributed by atoms with van der Waals surface area (Å²) in [6, 6.07) is 0. The highest BCUT2D eigenvalue weighted by Gasteiger charge is 2.07. The van der Waals surface area contributed by atoms with Gasteiger partial charge in [-0.3, -0.25) is 0 Å². The fourth-order valence-electron chi connectivity index (χ4n) is 1.22. The topological polar surface area (TPSA) is 85.2 Å². The molecule has 0 radical (unpaired) electrons. The van der Waals surface area contributed by atoms with E-state index >= 15 is 0 Å². The zero-order valence-corrected chi connectivity index (χ0v) is 7.88. The second-order valence-corrected chi connectivity index (χ2v) is 2.90. The van der Waals surface area contributed by atoms with Gasteiger partial charge in [0.15, 0.2) is 5.82 Å². The number of H-pyrrole nitrogens is 1. The highest BCUT2D eigenvalue weighted by molar-refractivity contribution is 4.95. The van der Waals surface area contributed by atoms with E-state index in [1.165, 1.54) is 0 Å². The predicted octanol–water partition coefficient (Wildman–Crippen LogP) is -0.208. The number of tetrazole rings is 1. The third-order valence-electron chi connectivity index (χ3n) is 1.84. The smallest absolute Gasteiger partial charge is 0.182 e. The number of hydrogen-bond acceptors (Lipinski definition) is 5. The molecule has 14 heavy (non-hydrogen) atoms. The Morgan fingerprint density at radius 1 is 1.50 bits per heavy atom. The molecule has 0 aromatic carbocycles. The predicted molar refractivity (Wildman–Crippen MR) is 47.3 cm³/mol. The number of rotatable bonds is 4. The van der Waals surface area contributed by atoms with Crippen molar-refractivity contribution < 1.29 is 0 Å². The maximum absolute atomic E-state index is 4.14. The fraction of sp³-hybridized carbons (Fsp3) is 0.571. The summed E-state index contributed by atoms with van der Waals surface area (Å²) in [6.45, 7) is 2.97. The summed E-state index contributed by atoms with van der Waals surface area (Å²) in [6.07, 6.45) is 3.14. The summed E-state index contributed by atoms with van der Waals surface area (Å²) in [5.41, 5.74) is 0. The van der Waals surface area contributed by atoms with Crippen LogP contribution in [0.4, 0.5) is 0 Å². The molecule has 0 saturated carbocycles. The van der Waals surface area contributed by atoms with Crippen LogP contribution < -0.4 is 0 Å². The molecule has 0 aliphatic carbocycles. The molecule has 1 N–H and O–H groups in total. The van der Waals surface area contributed by atoms with Gasteiger partial charge in [0.25, 0.3) is 0 Å². The number of nitrogens with one attached hydrogen (secondary N) is 1. The summed E-state index contributed by atoms with van der Waals surface area (Å²) in [5, 5.41) is 17.7. The van der Waals surface area contributed by atoms with Gasteiger partial charge >= 0.3 is 0 Å². The van der Waals surface area contributed by atoms with Gasteiger partial charge in [-0.25, -0.2) is 9.67 Å². The lowest BCUT2D eigenvalue weighted by Crippen LogP contribution is -2.06. The van der Waals surface area contributed by atoms with Crippen LogP contribution in [-0.2, 0) is 13.0 Å². The summed E-state index contributed by atoms with van der Waals surface area (Å²) < 4.78 is 1.86. The molecule has 0 aliphatic rings. The van der Waals surface area contributed by atoms with Gasteiger partial charge in [0.1, 0.15) is 12.2 Å². The summed E-state index contributed by atoms with van der Waals surface area (Å²) >= 11 is 0. The van der Waals surface area contributed by atoms with Crippen LogP contribution in [0.5, 0.6) is 0 Å². The summed E-state index contributed by atoms with van der Waals surface area (Å²) in [4.78, 5) is 4.14. The van der Waals surface area contributed by atoms with Crippen LogP contribution in [0.15, 0.2) is 6.33 Å². The van der Waals surface area contributed by atoms with Gasteiger partial charge in [0.2, 0.25) is 0 Å². The van der Waals surface area contributed by atoms with Crippen molar-refractivity contribution in [2.45, 2.75) is 26.3 Å². The van der Waals surface area contributed by atoms with Crippen molar-refractivity contribution in [3.05, 3.63) is 18.0 Å². The quantitative estimate of drug-likeness (QED) is 0.726. The Kier molecular flexibility index (Phi) is 2.48. The van der Waals surface area contributed by atoms with Crippen LogP contribution in [-0.4, -0.2) is 35.4 Å². The first kappa shape index (κ1) is 8.79. The molecule has 0 bridgehead atoms. The minimum atomic E-state index is 0.566. The molecule has 2 heterocycles. The molecular formula is C7H11N7. The van der Waals surface area contributed by atoms with Crippen LogP contribution in [0, 0.1) is 0 Å². The molecule has 2 aromatic rings. The molecule has 0 fully saturated rings. The first-order chi connectivity index (χ1) is 6.90. The van der Waals surface area contributed by atoms with Crippen LogP contribution in [0.25, 0.3) is 0 Å². The van der Waals surface area contributed by atoms with Crippen molar-refractivity contribution in [3.8, 4) is 0 Å². The third kappa shape index (κ3) is 1.76. The normalized spacial score (nSPS) is 10.6. The van der Waals surface area contributed by atoms with Gasteiger partial charge in [0.05, 0.1) is 6.42 Å². The van der Waals surface area contributed by atoms with Gasteiger partial charge in [-0.05, 0) is 6.42 Å². The molecule has 0 unspecified atom stereocenters. The molecule has 0 amide bonds. The summed E-state index contributed by atoms with van der Waals surface area (Å²) in [5.74, 6) is 1.50. The van der Waals surface area contributed by atoms with E-state index in [-0.39, 0.29) is 0 Å². The van der Waals surface area contributed by atoms with Gasteiger partial charge < -0.3 is 0 Å². The second kappa shape index (κ2) is 3.95. The number of nitrogens with zero attached hydrogens (tertiary/aromatic N) is 6. The van der Waals surface area contributed by atoms with E-state index in [1.54, 1.807) is 6.33 Å². The van der Waals surface area contributed by atoms with E-state index in [2.05, 4.69) is 37.6 Å². The Labute approximate surface area is 80.5 Å². The zero-order chi connectivity index (χ0) is 9.80. The molecule has 74 valence electrons. The second-order valence-electron chi connectivity index (χ2n) is 2.90. The van der Waals surface area contributed by atoms with Gasteiger partial charge in [-0.1, -0.05) is 12.1 Å². The Morgan fingerprint density at radius 3 is 3.14 bits per heavy atom. The minimum absolute atomic E-state index is 0.566. The van der Waals surface area contributed by atoms with Gasteiger partial charge in [-0.2, -0.15) is 10.3 Å². The molecular weight excluding hydrogens is 182 g/mol. The number of aryl methyl sites for hydroxylation is 1. The maximum Gasteiger partial charge on any atom is 0.182 e. The van der Waals surface area contributed by atoms with Crippen molar-refractivity contribution in [2.24, 2.45) is 0 Å². The maximum atomic E-state index is 4.14. The minimum Gasteiger partial charge on any atom is -0.250 e. The number of aromatic nitrogens is 7. The number of aromatic amines is 1. The van der Waals surface area contributed by atoms with E-state index in [9.17, 15) is 0 Å². The molecule has 0 spiro atoms. The lowest BCUT2D eigenvalue weighted by Gasteiger charge is -2.00. The van der Waals surface area contributed by atoms with Crippen molar-refractivity contribution >= 4 is 0 Å². The fourth-order valence-corrected chi connectivity index (χ4v) is 1.22. The Hall–Kier alpha value is -1.79. The standard InChI is InChI=1S/C7H11N7/c1-2-3-14-7(8-5-9-14)4-6-10-12-13-11-6/h5H,2-4H2,1H3,(H,10,11,12,13). The van der Waals surface area contributed by atoms with Crippen LogP contribution in [0.3, 0.4) is 0 Å². The average Bonchev–Trinajstić information content (AvgIpc) is 2.80. The molecule has 0 saturated heterocycles. The van der Waals surface area contributed by atoms with E-state index in [1.807, 2.05) is 4.68 Å². The Bertz CT molecular complexity index is 376. The van der Waals surface area contributed by atoms with Crippen molar-refractivity contribution in [1.29, 1.82) is 0 Å². The van der Waals surface area contributed by atoms with Crippen molar-refractivity contribution in [2.75, 3.05) is 0 Å². The van der Waals surface area contributed by atoms with Gasteiger partial charge in [-0.15, -0.1) is 10.2 Å². The highest BCUT2D eigenvalue weighted by Crippen LogP contribution is 2.00. The monoisotopic (exact) mass is 193 g/mol. The lowest BCUT2D eigenvalue weighted by atomic mass is 10.4.